The van der Waals surface area contributed by atoms with Crippen molar-refractivity contribution in [3.8, 4) is 0 Å². The van der Waals surface area contributed by atoms with Crippen molar-refractivity contribution < 1.29 is 4.79 Å². The Bertz CT molecular complexity index is 697. The molecule has 0 radical (unpaired) electrons. The number of thioether (sulfide) groups is 1. The molecule has 1 aromatic carbocycles. The van der Waals surface area contributed by atoms with Gasteiger partial charge in [-0.1, -0.05) is 42.6 Å². The van der Waals surface area contributed by atoms with Crippen molar-refractivity contribution in [1.29, 1.82) is 0 Å². The molecule has 1 saturated carbocycles. The van der Waals surface area contributed by atoms with Gasteiger partial charge in [-0.15, -0.1) is 10.2 Å². The van der Waals surface area contributed by atoms with Gasteiger partial charge in [-0.25, -0.2) is 4.68 Å². The van der Waals surface area contributed by atoms with Crippen LogP contribution in [-0.2, 0) is 4.79 Å². The van der Waals surface area contributed by atoms with E-state index >= 15 is 0 Å². The summed E-state index contributed by atoms with van der Waals surface area (Å²) in [5.74, 6) is 7.43. The van der Waals surface area contributed by atoms with E-state index in [2.05, 4.69) is 15.5 Å². The Morgan fingerprint density at radius 2 is 1.96 bits per heavy atom. The zero-order valence-corrected chi connectivity index (χ0v) is 14.8. The predicted molar refractivity (Wildman–Crippen MR) is 96.8 cm³/mol. The molecular weight excluding hydrogens is 346 g/mol. The van der Waals surface area contributed by atoms with Crippen LogP contribution in [0.15, 0.2) is 29.4 Å². The molecule has 0 bridgehead atoms. The molecule has 0 spiro atoms. The van der Waals surface area contributed by atoms with Crippen LogP contribution in [-0.4, -0.2) is 26.5 Å². The predicted octanol–water partition coefficient (Wildman–Crippen LogP) is 3.42. The number of hydrogen-bond acceptors (Lipinski definition) is 5. The van der Waals surface area contributed by atoms with E-state index in [0.717, 1.165) is 18.7 Å². The van der Waals surface area contributed by atoms with E-state index in [9.17, 15) is 4.79 Å². The number of anilines is 1. The molecule has 1 fully saturated rings. The smallest absolute Gasteiger partial charge is 0.234 e. The largest absolute Gasteiger partial charge is 0.336 e. The number of amides is 1. The van der Waals surface area contributed by atoms with Gasteiger partial charge in [-0.2, -0.15) is 0 Å². The summed E-state index contributed by atoms with van der Waals surface area (Å²) in [7, 11) is 0. The van der Waals surface area contributed by atoms with E-state index in [1.165, 1.54) is 35.7 Å². The lowest BCUT2D eigenvalue weighted by Gasteiger charge is -2.20. The van der Waals surface area contributed by atoms with Crippen molar-refractivity contribution in [2.45, 2.75) is 43.2 Å². The molecule has 1 aliphatic rings. The van der Waals surface area contributed by atoms with E-state index in [1.807, 2.05) is 0 Å². The Morgan fingerprint density at radius 1 is 1.25 bits per heavy atom. The molecule has 3 rings (SSSR count). The molecular formula is C16H20ClN5OS. The van der Waals surface area contributed by atoms with Crippen molar-refractivity contribution in [2.24, 2.45) is 0 Å². The number of carbonyl (C=O) groups is 1. The topological polar surface area (TPSA) is 85.8 Å². The summed E-state index contributed by atoms with van der Waals surface area (Å²) in [4.78, 5) is 12.0. The number of aromatic nitrogens is 3. The molecule has 24 heavy (non-hydrogen) atoms. The first-order valence-electron chi connectivity index (χ1n) is 8.02. The third kappa shape index (κ3) is 4.21. The summed E-state index contributed by atoms with van der Waals surface area (Å²) < 4.78 is 1.54. The van der Waals surface area contributed by atoms with Gasteiger partial charge in [-0.3, -0.25) is 4.79 Å². The second-order valence-corrected chi connectivity index (χ2v) is 7.27. The highest BCUT2D eigenvalue weighted by Crippen LogP contribution is 2.32. The van der Waals surface area contributed by atoms with Crippen molar-refractivity contribution in [3.05, 3.63) is 35.1 Å². The maximum Gasteiger partial charge on any atom is 0.234 e. The summed E-state index contributed by atoms with van der Waals surface area (Å²) in [6, 6.07) is 6.99. The maximum atomic E-state index is 12.0. The molecule has 1 amide bonds. The molecule has 0 aliphatic heterocycles. The molecule has 2 aromatic rings. The quantitative estimate of drug-likeness (QED) is 0.626. The number of nitrogens with two attached hydrogens (primary N) is 1. The van der Waals surface area contributed by atoms with Crippen LogP contribution in [0.4, 0.5) is 5.69 Å². The summed E-state index contributed by atoms with van der Waals surface area (Å²) in [6.45, 7) is 0. The number of nitrogens with zero attached hydrogens (tertiary/aromatic N) is 3. The minimum absolute atomic E-state index is 0.121. The van der Waals surface area contributed by atoms with Crippen LogP contribution in [0.1, 0.15) is 43.8 Å². The zero-order chi connectivity index (χ0) is 16.9. The summed E-state index contributed by atoms with van der Waals surface area (Å²) in [5, 5.41) is 12.4. The fraction of sp³-hybridized carbons (Fsp3) is 0.438. The highest BCUT2D eigenvalue weighted by Gasteiger charge is 2.22. The van der Waals surface area contributed by atoms with Crippen molar-refractivity contribution in [1.82, 2.24) is 14.9 Å². The highest BCUT2D eigenvalue weighted by atomic mass is 35.5. The van der Waals surface area contributed by atoms with Crippen molar-refractivity contribution in [3.63, 3.8) is 0 Å². The van der Waals surface area contributed by atoms with Crippen LogP contribution < -0.4 is 11.2 Å². The molecule has 1 heterocycles. The molecule has 8 heteroatoms. The lowest BCUT2D eigenvalue weighted by molar-refractivity contribution is -0.113. The SMILES string of the molecule is Nn1c(SCC(=O)Nc2ccc(Cl)cc2)nnc1C1CCCCC1. The van der Waals surface area contributed by atoms with Gasteiger partial charge in [0.05, 0.1) is 5.75 Å². The van der Waals surface area contributed by atoms with E-state index in [4.69, 9.17) is 17.4 Å². The Morgan fingerprint density at radius 3 is 2.67 bits per heavy atom. The molecule has 0 unspecified atom stereocenters. The first-order chi connectivity index (χ1) is 11.6. The number of nitrogens with one attached hydrogen (secondary N) is 1. The van der Waals surface area contributed by atoms with Crippen LogP contribution in [0, 0.1) is 0 Å². The van der Waals surface area contributed by atoms with Gasteiger partial charge in [0.2, 0.25) is 11.1 Å². The van der Waals surface area contributed by atoms with E-state index in [-0.39, 0.29) is 11.7 Å². The van der Waals surface area contributed by atoms with E-state index < -0.39 is 0 Å². The van der Waals surface area contributed by atoms with Gasteiger partial charge < -0.3 is 11.2 Å². The summed E-state index contributed by atoms with van der Waals surface area (Å²) in [6.07, 6.45) is 5.92. The standard InChI is InChI=1S/C16H20ClN5OS/c17-12-6-8-13(9-7-12)19-14(23)10-24-16-21-20-15(22(16)18)11-4-2-1-3-5-11/h6-9,11H,1-5,10,18H2,(H,19,23). The number of nitrogen functional groups attached to an aromatic ring is 1. The Hall–Kier alpha value is -1.73. The third-order valence-corrected chi connectivity index (χ3v) is 5.32. The number of carbonyl (C=O) groups excluding carboxylic acids is 1. The average Bonchev–Trinajstić information content (AvgIpc) is 2.97. The lowest BCUT2D eigenvalue weighted by atomic mass is 9.89. The zero-order valence-electron chi connectivity index (χ0n) is 13.2. The molecule has 0 atom stereocenters. The Kier molecular flexibility index (Phi) is 5.63. The highest BCUT2D eigenvalue weighted by molar-refractivity contribution is 7.99. The fourth-order valence-corrected chi connectivity index (χ4v) is 3.68. The minimum atomic E-state index is -0.121. The van der Waals surface area contributed by atoms with E-state index in [0.29, 0.717) is 21.8 Å². The number of halogens is 1. The van der Waals surface area contributed by atoms with Crippen molar-refractivity contribution >= 4 is 35.0 Å². The van der Waals surface area contributed by atoms with Crippen molar-refractivity contribution in [2.75, 3.05) is 16.9 Å². The molecule has 6 nitrogen and oxygen atoms in total. The molecule has 0 saturated heterocycles. The van der Waals surface area contributed by atoms with Gasteiger partial charge in [0.1, 0.15) is 0 Å². The van der Waals surface area contributed by atoms with Crippen LogP contribution in [0.5, 0.6) is 0 Å². The second kappa shape index (κ2) is 7.90. The fourth-order valence-electron chi connectivity index (χ4n) is 2.89. The van der Waals surface area contributed by atoms with Crippen LogP contribution in [0.25, 0.3) is 0 Å². The van der Waals surface area contributed by atoms with E-state index in [1.54, 1.807) is 24.3 Å². The lowest BCUT2D eigenvalue weighted by Crippen LogP contribution is -2.19. The summed E-state index contributed by atoms with van der Waals surface area (Å²) in [5.41, 5.74) is 0.710. The molecule has 1 aromatic heterocycles. The van der Waals surface area contributed by atoms with Gasteiger partial charge in [-0.05, 0) is 37.1 Å². The molecule has 128 valence electrons. The minimum Gasteiger partial charge on any atom is -0.336 e. The first kappa shape index (κ1) is 17.1. The first-order valence-corrected chi connectivity index (χ1v) is 9.38. The van der Waals surface area contributed by atoms with Crippen LogP contribution >= 0.6 is 23.4 Å². The number of hydrogen-bond donors (Lipinski definition) is 2. The normalized spacial score (nSPS) is 15.4. The summed E-state index contributed by atoms with van der Waals surface area (Å²) >= 11 is 7.11. The Balaban J connectivity index is 1.55. The van der Waals surface area contributed by atoms with Crippen LogP contribution in [0.2, 0.25) is 5.02 Å². The number of benzene rings is 1. The molecule has 1 aliphatic carbocycles. The molecule has 3 N–H and O–H groups in total. The van der Waals surface area contributed by atoms with Gasteiger partial charge >= 0.3 is 0 Å². The van der Waals surface area contributed by atoms with Gasteiger partial charge in [0, 0.05) is 16.6 Å². The monoisotopic (exact) mass is 365 g/mol. The third-order valence-electron chi connectivity index (χ3n) is 4.12. The Labute approximate surface area is 150 Å². The average molecular weight is 366 g/mol. The maximum absolute atomic E-state index is 12.0. The van der Waals surface area contributed by atoms with Crippen LogP contribution in [0.3, 0.4) is 0 Å². The van der Waals surface area contributed by atoms with Gasteiger partial charge in [0.15, 0.2) is 5.82 Å². The second-order valence-electron chi connectivity index (χ2n) is 5.89. The number of rotatable bonds is 5. The van der Waals surface area contributed by atoms with Gasteiger partial charge in [0.25, 0.3) is 0 Å².